The lowest BCUT2D eigenvalue weighted by atomic mass is 9.59. The number of nitrogen functional groups attached to an aromatic ring is 1. The molecule has 1 aliphatic carbocycles. The Labute approximate surface area is 104 Å². The van der Waals surface area contributed by atoms with E-state index in [1.807, 2.05) is 0 Å². The molecule has 1 aliphatic heterocycles. The summed E-state index contributed by atoms with van der Waals surface area (Å²) >= 11 is 0. The fraction of sp³-hybridized carbons (Fsp3) is 0.600. The van der Waals surface area contributed by atoms with Gasteiger partial charge >= 0.3 is 0 Å². The van der Waals surface area contributed by atoms with Crippen LogP contribution in [-0.4, -0.2) is 24.5 Å². The zero-order valence-corrected chi connectivity index (χ0v) is 11.0. The van der Waals surface area contributed by atoms with Gasteiger partial charge in [0.15, 0.2) is 0 Å². The van der Waals surface area contributed by atoms with Crippen molar-refractivity contribution >= 4 is 5.69 Å². The lowest BCUT2D eigenvalue weighted by molar-refractivity contribution is 0.0508. The quantitative estimate of drug-likeness (QED) is 0.694. The van der Waals surface area contributed by atoms with E-state index in [1.54, 1.807) is 5.56 Å². The van der Waals surface area contributed by atoms with Crippen LogP contribution in [0.5, 0.6) is 0 Å². The molecule has 2 bridgehead atoms. The number of piperidine rings is 1. The molecule has 92 valence electrons. The van der Waals surface area contributed by atoms with E-state index in [4.69, 9.17) is 5.73 Å². The summed E-state index contributed by atoms with van der Waals surface area (Å²) in [6.07, 6.45) is 2.42. The van der Waals surface area contributed by atoms with E-state index < -0.39 is 0 Å². The highest BCUT2D eigenvalue weighted by Crippen LogP contribution is 2.48. The van der Waals surface area contributed by atoms with Gasteiger partial charge in [0.05, 0.1) is 0 Å². The number of fused-ring (bicyclic) bond motifs is 4. The minimum Gasteiger partial charge on any atom is -0.399 e. The number of nitrogens with zero attached hydrogens (tertiary/aromatic N) is 1. The van der Waals surface area contributed by atoms with Crippen LogP contribution in [0.4, 0.5) is 5.69 Å². The number of anilines is 1. The first-order valence-electron chi connectivity index (χ1n) is 6.61. The molecule has 2 N–H and O–H groups in total. The number of rotatable bonds is 0. The molecule has 0 saturated carbocycles. The average molecular weight is 230 g/mol. The van der Waals surface area contributed by atoms with Crippen molar-refractivity contribution in [1.82, 2.24) is 4.90 Å². The number of nitrogens with two attached hydrogens (primary N) is 1. The number of benzene rings is 1. The highest BCUT2D eigenvalue weighted by Gasteiger charge is 2.47. The van der Waals surface area contributed by atoms with Crippen LogP contribution in [0.2, 0.25) is 0 Å². The van der Waals surface area contributed by atoms with E-state index in [0.717, 1.165) is 18.0 Å². The van der Waals surface area contributed by atoms with Crippen molar-refractivity contribution in [2.75, 3.05) is 19.3 Å². The van der Waals surface area contributed by atoms with Gasteiger partial charge in [0.1, 0.15) is 0 Å². The van der Waals surface area contributed by atoms with Crippen LogP contribution in [0.3, 0.4) is 0 Å². The first kappa shape index (κ1) is 11.1. The monoisotopic (exact) mass is 230 g/mol. The molecule has 1 fully saturated rings. The van der Waals surface area contributed by atoms with Crippen LogP contribution in [0, 0.1) is 5.92 Å². The largest absolute Gasteiger partial charge is 0.399 e. The van der Waals surface area contributed by atoms with E-state index in [1.165, 1.54) is 18.5 Å². The van der Waals surface area contributed by atoms with E-state index in [-0.39, 0.29) is 0 Å². The molecule has 3 atom stereocenters. The van der Waals surface area contributed by atoms with Gasteiger partial charge < -0.3 is 10.6 Å². The number of likely N-dealkylation sites (N-methyl/N-ethyl adjacent to an activating group) is 1. The van der Waals surface area contributed by atoms with Gasteiger partial charge in [-0.05, 0) is 61.0 Å². The zero-order chi connectivity index (χ0) is 12.2. The lowest BCUT2D eigenvalue weighted by Gasteiger charge is -2.53. The number of hydrogen-bond donors (Lipinski definition) is 1. The summed E-state index contributed by atoms with van der Waals surface area (Å²) in [5.41, 5.74) is 10.2. The maximum atomic E-state index is 5.93. The molecule has 0 radical (unpaired) electrons. The van der Waals surface area contributed by atoms with Gasteiger partial charge in [0.25, 0.3) is 0 Å². The topological polar surface area (TPSA) is 29.3 Å². The smallest absolute Gasteiger partial charge is 0.0316 e. The summed E-state index contributed by atoms with van der Waals surface area (Å²) in [7, 11) is 2.26. The molecule has 2 aliphatic rings. The second-order valence-electron chi connectivity index (χ2n) is 6.12. The summed E-state index contributed by atoms with van der Waals surface area (Å²) in [5, 5.41) is 0. The molecule has 1 saturated heterocycles. The Morgan fingerprint density at radius 2 is 2.18 bits per heavy atom. The van der Waals surface area contributed by atoms with Crippen LogP contribution in [0.25, 0.3) is 0 Å². The standard InChI is InChI=1S/C15H22N2/c1-10-14-9-11-8-12(16)4-5-13(11)15(10,2)6-7-17(14)3/h4-5,8,10,14H,6-7,9,16H2,1-3H3. The second-order valence-corrected chi connectivity index (χ2v) is 6.12. The minimum atomic E-state index is 0.346. The summed E-state index contributed by atoms with van der Waals surface area (Å²) in [6, 6.07) is 7.20. The van der Waals surface area contributed by atoms with Gasteiger partial charge in [-0.2, -0.15) is 0 Å². The molecule has 1 aromatic rings. The first-order valence-corrected chi connectivity index (χ1v) is 6.61. The Balaban J connectivity index is 2.15. The highest BCUT2D eigenvalue weighted by molar-refractivity contribution is 5.49. The normalized spacial score (nSPS) is 36.6. The van der Waals surface area contributed by atoms with Crippen LogP contribution < -0.4 is 5.73 Å². The lowest BCUT2D eigenvalue weighted by Crippen LogP contribution is -2.56. The Morgan fingerprint density at radius 1 is 1.41 bits per heavy atom. The van der Waals surface area contributed by atoms with Crippen molar-refractivity contribution in [3.63, 3.8) is 0 Å². The maximum absolute atomic E-state index is 5.93. The summed E-state index contributed by atoms with van der Waals surface area (Å²) < 4.78 is 0. The molecular weight excluding hydrogens is 208 g/mol. The molecule has 0 spiro atoms. The molecule has 2 nitrogen and oxygen atoms in total. The number of likely N-dealkylation sites (tertiary alicyclic amines) is 1. The molecule has 1 aromatic carbocycles. The van der Waals surface area contributed by atoms with Crippen LogP contribution in [0.15, 0.2) is 18.2 Å². The van der Waals surface area contributed by atoms with Crippen LogP contribution in [0.1, 0.15) is 31.4 Å². The highest BCUT2D eigenvalue weighted by atomic mass is 15.1. The Kier molecular flexibility index (Phi) is 2.27. The SMILES string of the molecule is CC1C2Cc3cc(N)ccc3C1(C)CCN2C. The molecule has 1 heterocycles. The Bertz CT molecular complexity index is 454. The third-order valence-corrected chi connectivity index (χ3v) is 5.31. The maximum Gasteiger partial charge on any atom is 0.0316 e. The van der Waals surface area contributed by atoms with Gasteiger partial charge in [-0.25, -0.2) is 0 Å². The van der Waals surface area contributed by atoms with Gasteiger partial charge in [-0.3, -0.25) is 0 Å². The fourth-order valence-corrected chi connectivity index (χ4v) is 3.89. The number of hydrogen-bond acceptors (Lipinski definition) is 2. The molecule has 0 aromatic heterocycles. The van der Waals surface area contributed by atoms with Crippen molar-refractivity contribution in [2.45, 2.75) is 38.1 Å². The van der Waals surface area contributed by atoms with Gasteiger partial charge in [0.2, 0.25) is 0 Å². The van der Waals surface area contributed by atoms with Crippen molar-refractivity contribution in [2.24, 2.45) is 5.92 Å². The van der Waals surface area contributed by atoms with Gasteiger partial charge in [-0.1, -0.05) is 19.9 Å². The van der Waals surface area contributed by atoms with Gasteiger partial charge in [0, 0.05) is 11.7 Å². The van der Waals surface area contributed by atoms with Crippen molar-refractivity contribution in [1.29, 1.82) is 0 Å². The Hall–Kier alpha value is -1.02. The van der Waals surface area contributed by atoms with E-state index in [2.05, 4.69) is 44.0 Å². The predicted molar refractivity (Wildman–Crippen MR) is 72.1 cm³/mol. The van der Waals surface area contributed by atoms with E-state index in [9.17, 15) is 0 Å². The molecule has 0 amide bonds. The summed E-state index contributed by atoms with van der Waals surface area (Å²) in [4.78, 5) is 2.53. The second kappa shape index (κ2) is 3.49. The molecular formula is C15H22N2. The van der Waals surface area contributed by atoms with Crippen molar-refractivity contribution in [3.05, 3.63) is 29.3 Å². The summed E-state index contributed by atoms with van der Waals surface area (Å²) in [5.74, 6) is 0.734. The summed E-state index contributed by atoms with van der Waals surface area (Å²) in [6.45, 7) is 6.07. The van der Waals surface area contributed by atoms with Crippen molar-refractivity contribution in [3.8, 4) is 0 Å². The van der Waals surface area contributed by atoms with Gasteiger partial charge in [-0.15, -0.1) is 0 Å². The van der Waals surface area contributed by atoms with Crippen LogP contribution in [-0.2, 0) is 11.8 Å². The van der Waals surface area contributed by atoms with E-state index in [0.29, 0.717) is 11.5 Å². The first-order chi connectivity index (χ1) is 8.02. The fourth-order valence-electron chi connectivity index (χ4n) is 3.89. The molecule has 2 heteroatoms. The Morgan fingerprint density at radius 3 is 2.94 bits per heavy atom. The predicted octanol–water partition coefficient (Wildman–Crippen LogP) is 2.42. The third kappa shape index (κ3) is 1.43. The van der Waals surface area contributed by atoms with Crippen LogP contribution >= 0.6 is 0 Å². The zero-order valence-electron chi connectivity index (χ0n) is 11.0. The molecule has 3 unspecified atom stereocenters. The molecule has 3 rings (SSSR count). The molecule has 17 heavy (non-hydrogen) atoms. The average Bonchev–Trinajstić information content (AvgIpc) is 2.29. The van der Waals surface area contributed by atoms with E-state index >= 15 is 0 Å². The van der Waals surface area contributed by atoms with Crippen molar-refractivity contribution < 1.29 is 0 Å². The third-order valence-electron chi connectivity index (χ3n) is 5.31. The minimum absolute atomic E-state index is 0.346.